The second-order valence-electron chi connectivity index (χ2n) is 2.25. The fourth-order valence-corrected chi connectivity index (χ4v) is 0.779. The monoisotopic (exact) mass is 188 g/mol. The smallest absolute Gasteiger partial charge is 0.829 e. The maximum atomic E-state index is 10.5. The first-order valence-electron chi connectivity index (χ1n) is 2.94. The minimum Gasteiger partial charge on any atom is -0.829 e. The molecule has 0 aromatic rings. The molecule has 1 aliphatic heterocycles. The maximum absolute atomic E-state index is 10.5. The minimum absolute atomic E-state index is 0. The van der Waals surface area contributed by atoms with Gasteiger partial charge in [-0.25, -0.2) is 0 Å². The van der Waals surface area contributed by atoms with Gasteiger partial charge in [-0.05, 0) is 0 Å². The zero-order valence-electron chi connectivity index (χ0n) is 6.17. The van der Waals surface area contributed by atoms with Crippen LogP contribution in [0.3, 0.4) is 0 Å². The molecule has 1 saturated heterocycles. The first-order valence-corrected chi connectivity index (χ1v) is 2.94. The van der Waals surface area contributed by atoms with E-state index in [0.29, 0.717) is 0 Å². The topological polar surface area (TPSA) is 93.0 Å². The molecule has 1 aliphatic rings. The fourth-order valence-electron chi connectivity index (χ4n) is 0.779. The van der Waals surface area contributed by atoms with Crippen LogP contribution in [-0.4, -0.2) is 46.5 Å². The van der Waals surface area contributed by atoms with Crippen LogP contribution in [0, 0.1) is 0 Å². The first-order chi connectivity index (χ1) is 4.63. The molecule has 1 fully saturated rings. The zero-order valence-corrected chi connectivity index (χ0v) is 9.30. The van der Waals surface area contributed by atoms with Crippen molar-refractivity contribution in [3.63, 3.8) is 0 Å². The molecular weight excluding hydrogens is 179 g/mol. The number of rotatable bonds is 0. The second kappa shape index (κ2) is 5.23. The number of hydrogen-bond donors (Lipinski definition) is 3. The Labute approximate surface area is 106 Å². The Balaban J connectivity index is 0.000001000. The Kier molecular flexibility index (Phi) is 5.91. The predicted molar refractivity (Wildman–Crippen MR) is 27.8 cm³/mol. The van der Waals surface area contributed by atoms with Crippen LogP contribution in [0.2, 0.25) is 0 Å². The molecule has 11 heavy (non-hydrogen) atoms. The summed E-state index contributed by atoms with van der Waals surface area (Å²) < 4.78 is 4.36. The zero-order chi connectivity index (χ0) is 7.72. The molecule has 0 aromatic carbocycles. The molecule has 0 aliphatic carbocycles. The van der Waals surface area contributed by atoms with Crippen molar-refractivity contribution < 1.29 is 76.5 Å². The summed E-state index contributed by atoms with van der Waals surface area (Å²) in [4.78, 5) is 0. The third-order valence-corrected chi connectivity index (χ3v) is 1.45. The van der Waals surface area contributed by atoms with Crippen LogP contribution in [0.5, 0.6) is 0 Å². The number of ether oxygens (including phenoxy) is 1. The van der Waals surface area contributed by atoms with Crippen LogP contribution < -0.4 is 56.5 Å². The molecular formula is C5H9KO5. The summed E-state index contributed by atoms with van der Waals surface area (Å²) in [6, 6.07) is 0. The van der Waals surface area contributed by atoms with Gasteiger partial charge < -0.3 is 25.2 Å². The molecule has 3 N–H and O–H groups in total. The third kappa shape index (κ3) is 3.00. The molecule has 0 bridgehead atoms. The van der Waals surface area contributed by atoms with E-state index in [1.165, 1.54) is 0 Å². The van der Waals surface area contributed by atoms with Gasteiger partial charge in [-0.2, -0.15) is 0 Å². The molecule has 6 heteroatoms. The maximum Gasteiger partial charge on any atom is 1.00 e. The van der Waals surface area contributed by atoms with Crippen molar-refractivity contribution in [2.45, 2.75) is 24.6 Å². The van der Waals surface area contributed by atoms with E-state index >= 15 is 0 Å². The summed E-state index contributed by atoms with van der Waals surface area (Å²) in [5, 5.41) is 36.9. The van der Waals surface area contributed by atoms with E-state index in [4.69, 9.17) is 15.3 Å². The SMILES string of the molecule is [K+].[O-]C1OCC(O)C(O)C1O. The molecule has 1 rings (SSSR count). The van der Waals surface area contributed by atoms with E-state index in [0.717, 1.165) is 0 Å². The average molecular weight is 188 g/mol. The summed E-state index contributed by atoms with van der Waals surface area (Å²) in [6.07, 6.45) is -5.70. The summed E-state index contributed by atoms with van der Waals surface area (Å²) in [5.41, 5.74) is 0. The van der Waals surface area contributed by atoms with Crippen molar-refractivity contribution >= 4 is 0 Å². The molecule has 5 nitrogen and oxygen atoms in total. The van der Waals surface area contributed by atoms with Gasteiger partial charge in [-0.15, -0.1) is 0 Å². The van der Waals surface area contributed by atoms with Gasteiger partial charge in [-0.1, -0.05) is 0 Å². The van der Waals surface area contributed by atoms with Gasteiger partial charge in [0.05, 0.1) is 12.7 Å². The second-order valence-corrected chi connectivity index (χ2v) is 2.25. The standard InChI is InChI=1S/C5H9O5.K/c6-2-1-10-5(9)4(8)3(2)7;/h2-8H,1H2;/q-1;+1. The van der Waals surface area contributed by atoms with Gasteiger partial charge >= 0.3 is 51.4 Å². The Morgan fingerprint density at radius 1 is 1.18 bits per heavy atom. The van der Waals surface area contributed by atoms with Crippen LogP contribution in [0.25, 0.3) is 0 Å². The molecule has 0 saturated carbocycles. The number of hydrogen-bond acceptors (Lipinski definition) is 5. The van der Waals surface area contributed by atoms with E-state index in [-0.39, 0.29) is 58.0 Å². The molecule has 1 heterocycles. The number of aliphatic hydroxyl groups is 3. The Morgan fingerprint density at radius 3 is 2.18 bits per heavy atom. The molecule has 0 radical (unpaired) electrons. The van der Waals surface area contributed by atoms with Gasteiger partial charge in [0.15, 0.2) is 0 Å². The molecule has 0 aromatic heterocycles. The van der Waals surface area contributed by atoms with Crippen molar-refractivity contribution in [1.29, 1.82) is 0 Å². The summed E-state index contributed by atoms with van der Waals surface area (Å²) in [6.45, 7) is -0.216. The Morgan fingerprint density at radius 2 is 1.73 bits per heavy atom. The fraction of sp³-hybridized carbons (Fsp3) is 1.00. The largest absolute Gasteiger partial charge is 1.00 e. The minimum atomic E-state index is -1.64. The molecule has 4 unspecified atom stereocenters. The number of aliphatic hydroxyl groups excluding tert-OH is 3. The van der Waals surface area contributed by atoms with Crippen molar-refractivity contribution in [3.05, 3.63) is 0 Å². The summed E-state index contributed by atoms with van der Waals surface area (Å²) in [7, 11) is 0. The first kappa shape index (κ1) is 12.4. The van der Waals surface area contributed by atoms with E-state index in [2.05, 4.69) is 4.74 Å². The van der Waals surface area contributed by atoms with Crippen LogP contribution in [0.15, 0.2) is 0 Å². The van der Waals surface area contributed by atoms with Gasteiger partial charge in [-0.3, -0.25) is 0 Å². The summed E-state index contributed by atoms with van der Waals surface area (Å²) >= 11 is 0. The normalized spacial score (nSPS) is 44.7. The van der Waals surface area contributed by atoms with E-state index in [1.54, 1.807) is 0 Å². The molecule has 0 spiro atoms. The Hall–Kier alpha value is 1.44. The van der Waals surface area contributed by atoms with Crippen molar-refractivity contribution in [2.75, 3.05) is 6.61 Å². The average Bonchev–Trinajstić information content (AvgIpc) is 1.93. The van der Waals surface area contributed by atoms with Crippen LogP contribution in [-0.2, 0) is 4.74 Å². The van der Waals surface area contributed by atoms with Crippen molar-refractivity contribution in [1.82, 2.24) is 0 Å². The van der Waals surface area contributed by atoms with E-state index in [9.17, 15) is 5.11 Å². The molecule has 4 atom stereocenters. The van der Waals surface area contributed by atoms with Gasteiger partial charge in [0.2, 0.25) is 0 Å². The van der Waals surface area contributed by atoms with Crippen molar-refractivity contribution in [2.24, 2.45) is 0 Å². The van der Waals surface area contributed by atoms with Gasteiger partial charge in [0.1, 0.15) is 12.2 Å². The van der Waals surface area contributed by atoms with E-state index < -0.39 is 24.6 Å². The van der Waals surface area contributed by atoms with Gasteiger partial charge in [0.25, 0.3) is 0 Å². The molecule has 0 amide bonds. The van der Waals surface area contributed by atoms with Crippen LogP contribution in [0.1, 0.15) is 0 Å². The van der Waals surface area contributed by atoms with Crippen molar-refractivity contribution in [3.8, 4) is 0 Å². The van der Waals surface area contributed by atoms with Gasteiger partial charge in [0, 0.05) is 6.29 Å². The predicted octanol–water partition coefficient (Wildman–Crippen LogP) is -6.21. The van der Waals surface area contributed by atoms with Crippen LogP contribution >= 0.6 is 0 Å². The molecule has 60 valence electrons. The van der Waals surface area contributed by atoms with Crippen LogP contribution in [0.4, 0.5) is 0 Å². The quantitative estimate of drug-likeness (QED) is 0.329. The third-order valence-electron chi connectivity index (χ3n) is 1.45. The van der Waals surface area contributed by atoms with E-state index in [1.807, 2.05) is 0 Å². The summed E-state index contributed by atoms with van der Waals surface area (Å²) in [5.74, 6) is 0. The Bertz CT molecular complexity index is 107.